The van der Waals surface area contributed by atoms with E-state index in [1.165, 1.54) is 0 Å². The van der Waals surface area contributed by atoms with Crippen LogP contribution in [0.4, 0.5) is 0 Å². The molecule has 4 amide bonds. The summed E-state index contributed by atoms with van der Waals surface area (Å²) in [5.74, 6) is -4.01. The summed E-state index contributed by atoms with van der Waals surface area (Å²) in [6, 6.07) is 10.5. The van der Waals surface area contributed by atoms with Gasteiger partial charge in [-0.25, -0.2) is 4.79 Å². The minimum atomic E-state index is -1.37. The van der Waals surface area contributed by atoms with Crippen LogP contribution in [-0.2, 0) is 30.4 Å². The van der Waals surface area contributed by atoms with Gasteiger partial charge in [0, 0.05) is 0 Å². The highest BCUT2D eigenvalue weighted by Crippen LogP contribution is 2.17. The van der Waals surface area contributed by atoms with Crippen molar-refractivity contribution >= 4 is 29.6 Å². The van der Waals surface area contributed by atoms with E-state index in [1.54, 1.807) is 40.7 Å². The third kappa shape index (κ3) is 13.2. The van der Waals surface area contributed by atoms with Crippen LogP contribution in [0.2, 0.25) is 0 Å². The Morgan fingerprint density at radius 1 is 0.735 bits per heavy atom. The molecule has 0 aliphatic carbocycles. The SMILES string of the molecule is CC[C@H](C)[C@H](NC(=O)CC(O)C(Cc1ccccc1)NC(=O)[C@@H](NC(=O)COc1ccc(C)c(C)c1)C(C)C)C(=O)N[C@H](C(=O)O)C(C)C. The van der Waals surface area contributed by atoms with E-state index in [-0.39, 0.29) is 30.8 Å². The van der Waals surface area contributed by atoms with E-state index in [4.69, 9.17) is 4.74 Å². The number of amides is 4. The maximum Gasteiger partial charge on any atom is 0.326 e. The molecule has 0 aromatic heterocycles. The van der Waals surface area contributed by atoms with Crippen molar-refractivity contribution in [3.8, 4) is 5.75 Å². The summed E-state index contributed by atoms with van der Waals surface area (Å²) in [5, 5.41) is 31.6. The lowest BCUT2D eigenvalue weighted by Crippen LogP contribution is -2.57. The average Bonchev–Trinajstić information content (AvgIpc) is 3.04. The molecule has 49 heavy (non-hydrogen) atoms. The molecular weight excluding hydrogens is 628 g/mol. The quantitative estimate of drug-likeness (QED) is 0.131. The minimum Gasteiger partial charge on any atom is -0.484 e. The van der Waals surface area contributed by atoms with Crippen molar-refractivity contribution in [2.75, 3.05) is 6.61 Å². The van der Waals surface area contributed by atoms with Gasteiger partial charge in [0.15, 0.2) is 6.61 Å². The summed E-state index contributed by atoms with van der Waals surface area (Å²) in [6.45, 7) is 14.1. The first-order valence-electron chi connectivity index (χ1n) is 16.9. The summed E-state index contributed by atoms with van der Waals surface area (Å²) >= 11 is 0. The number of aliphatic hydroxyl groups is 1. The zero-order valence-electron chi connectivity index (χ0n) is 29.9. The average molecular weight is 683 g/mol. The molecule has 0 fully saturated rings. The maximum atomic E-state index is 13.6. The van der Waals surface area contributed by atoms with Crippen molar-refractivity contribution in [3.63, 3.8) is 0 Å². The first-order valence-corrected chi connectivity index (χ1v) is 16.9. The molecule has 2 unspecified atom stereocenters. The Morgan fingerprint density at radius 2 is 1.33 bits per heavy atom. The highest BCUT2D eigenvalue weighted by molar-refractivity contribution is 5.91. The van der Waals surface area contributed by atoms with Crippen LogP contribution in [0.15, 0.2) is 48.5 Å². The monoisotopic (exact) mass is 682 g/mol. The molecule has 0 heterocycles. The van der Waals surface area contributed by atoms with Crippen molar-refractivity contribution in [1.29, 1.82) is 0 Å². The van der Waals surface area contributed by atoms with E-state index >= 15 is 0 Å². The third-order valence-electron chi connectivity index (χ3n) is 8.64. The second-order valence-corrected chi connectivity index (χ2v) is 13.4. The molecule has 0 bridgehead atoms. The molecule has 12 nitrogen and oxygen atoms in total. The van der Waals surface area contributed by atoms with Crippen molar-refractivity contribution in [1.82, 2.24) is 21.3 Å². The molecule has 0 aliphatic rings. The largest absolute Gasteiger partial charge is 0.484 e. The number of nitrogens with one attached hydrogen (secondary N) is 4. The first kappa shape index (κ1) is 40.7. The molecule has 6 atom stereocenters. The van der Waals surface area contributed by atoms with Crippen molar-refractivity contribution in [2.24, 2.45) is 17.8 Å². The van der Waals surface area contributed by atoms with Crippen molar-refractivity contribution < 1.29 is 38.9 Å². The number of carbonyl (C=O) groups excluding carboxylic acids is 4. The number of hydrogen-bond donors (Lipinski definition) is 6. The van der Waals surface area contributed by atoms with Gasteiger partial charge >= 0.3 is 5.97 Å². The van der Waals surface area contributed by atoms with Crippen LogP contribution in [0.1, 0.15) is 71.1 Å². The third-order valence-corrected chi connectivity index (χ3v) is 8.64. The molecule has 270 valence electrons. The van der Waals surface area contributed by atoms with Gasteiger partial charge in [-0.2, -0.15) is 0 Å². The lowest BCUT2D eigenvalue weighted by atomic mass is 9.95. The molecule has 0 aliphatic heterocycles. The van der Waals surface area contributed by atoms with Crippen LogP contribution in [0.25, 0.3) is 0 Å². The number of rotatable bonds is 19. The summed E-state index contributed by atoms with van der Waals surface area (Å²) in [4.78, 5) is 64.5. The number of ether oxygens (including phenoxy) is 1. The molecule has 2 rings (SSSR count). The summed E-state index contributed by atoms with van der Waals surface area (Å²) in [5.41, 5.74) is 2.91. The van der Waals surface area contributed by atoms with Crippen molar-refractivity contribution in [3.05, 3.63) is 65.2 Å². The van der Waals surface area contributed by atoms with E-state index in [0.29, 0.717) is 12.2 Å². The summed E-state index contributed by atoms with van der Waals surface area (Å²) < 4.78 is 5.64. The van der Waals surface area contributed by atoms with E-state index in [9.17, 15) is 34.2 Å². The highest BCUT2D eigenvalue weighted by Gasteiger charge is 2.33. The predicted molar refractivity (Wildman–Crippen MR) is 187 cm³/mol. The second kappa shape index (κ2) is 19.5. The van der Waals surface area contributed by atoms with Crippen LogP contribution in [0.3, 0.4) is 0 Å². The number of aliphatic carboxylic acids is 1. The van der Waals surface area contributed by atoms with Gasteiger partial charge in [0.25, 0.3) is 5.91 Å². The minimum absolute atomic E-state index is 0.180. The Morgan fingerprint density at radius 3 is 1.88 bits per heavy atom. The van der Waals surface area contributed by atoms with Crippen LogP contribution < -0.4 is 26.0 Å². The first-order chi connectivity index (χ1) is 23.0. The Labute approximate surface area is 289 Å². The molecule has 12 heteroatoms. The van der Waals surface area contributed by atoms with Gasteiger partial charge in [-0.15, -0.1) is 0 Å². The van der Waals surface area contributed by atoms with Gasteiger partial charge in [0.05, 0.1) is 18.6 Å². The van der Waals surface area contributed by atoms with Gasteiger partial charge in [0.2, 0.25) is 17.7 Å². The number of aryl methyl sites for hydroxylation is 2. The van der Waals surface area contributed by atoms with Crippen LogP contribution in [0.5, 0.6) is 5.75 Å². The van der Waals surface area contributed by atoms with Crippen LogP contribution in [0, 0.1) is 31.6 Å². The molecule has 0 radical (unpaired) electrons. The van der Waals surface area contributed by atoms with Gasteiger partial charge in [-0.1, -0.05) is 84.4 Å². The fourth-order valence-corrected chi connectivity index (χ4v) is 5.15. The zero-order chi connectivity index (χ0) is 36.8. The summed E-state index contributed by atoms with van der Waals surface area (Å²) in [7, 11) is 0. The van der Waals surface area contributed by atoms with E-state index < -0.39 is 66.3 Å². The normalized spacial score (nSPS) is 14.9. The molecule has 6 N–H and O–H groups in total. The fourth-order valence-electron chi connectivity index (χ4n) is 5.15. The standard InChI is InChI=1S/C37H54N4O8/c1-9-23(6)34(36(46)41-33(22(4)5)37(47)48)39-30(43)19-29(42)28(18-26-13-11-10-12-14-26)38-35(45)32(21(2)3)40-31(44)20-49-27-16-15-24(7)25(8)17-27/h10-17,21-23,28-29,32-34,42H,9,18-20H2,1-8H3,(H,38,45)(H,39,43)(H,40,44)(H,41,46)(H,47,48)/t23-,28?,29?,32-,33-,34-/m0/s1. The van der Waals surface area contributed by atoms with Gasteiger partial charge in [0.1, 0.15) is 23.9 Å². The van der Waals surface area contributed by atoms with E-state index in [1.807, 2.05) is 63.2 Å². The Bertz CT molecular complexity index is 1410. The Balaban J connectivity index is 2.18. The lowest BCUT2D eigenvalue weighted by Gasteiger charge is -2.29. The zero-order valence-corrected chi connectivity index (χ0v) is 29.9. The van der Waals surface area contributed by atoms with Gasteiger partial charge in [-0.3, -0.25) is 19.2 Å². The van der Waals surface area contributed by atoms with Gasteiger partial charge < -0.3 is 36.2 Å². The fraction of sp³-hybridized carbons (Fsp3) is 0.541. The topological polar surface area (TPSA) is 183 Å². The van der Waals surface area contributed by atoms with Crippen LogP contribution >= 0.6 is 0 Å². The molecule has 2 aromatic rings. The van der Waals surface area contributed by atoms with Gasteiger partial charge in [-0.05, 0) is 66.8 Å². The van der Waals surface area contributed by atoms with Crippen LogP contribution in [-0.4, -0.2) is 76.7 Å². The highest BCUT2D eigenvalue weighted by atomic mass is 16.5. The molecule has 0 saturated heterocycles. The maximum absolute atomic E-state index is 13.6. The smallest absolute Gasteiger partial charge is 0.326 e. The molecule has 2 aromatic carbocycles. The molecular formula is C37H54N4O8. The number of benzene rings is 2. The number of carbonyl (C=O) groups is 5. The van der Waals surface area contributed by atoms with E-state index in [2.05, 4.69) is 21.3 Å². The summed E-state index contributed by atoms with van der Waals surface area (Å²) in [6.07, 6.45) is -1.12. The van der Waals surface area contributed by atoms with E-state index in [0.717, 1.165) is 16.7 Å². The number of carboxylic acid groups (broad SMARTS) is 1. The predicted octanol–water partition coefficient (Wildman–Crippen LogP) is 3.06. The molecule has 0 saturated carbocycles. The van der Waals surface area contributed by atoms with Crippen molar-refractivity contribution in [2.45, 2.75) is 105 Å². The lowest BCUT2D eigenvalue weighted by molar-refractivity contribution is -0.143. The number of aliphatic hydroxyl groups excluding tert-OH is 1. The Kier molecular flexibility index (Phi) is 16.2. The Hall–Kier alpha value is -4.45. The molecule has 0 spiro atoms. The number of hydrogen-bond acceptors (Lipinski definition) is 7. The second-order valence-electron chi connectivity index (χ2n) is 13.4. The number of carboxylic acids is 1.